The van der Waals surface area contributed by atoms with Crippen LogP contribution in [0.5, 0.6) is 0 Å². The zero-order valence-corrected chi connectivity index (χ0v) is 14.5. The molecular formula is C20H27FO3. The molecule has 0 radical (unpaired) electrons. The van der Waals surface area contributed by atoms with E-state index < -0.39 is 6.17 Å². The van der Waals surface area contributed by atoms with Gasteiger partial charge in [-0.1, -0.05) is 13.0 Å². The van der Waals surface area contributed by atoms with Crippen molar-refractivity contribution < 1.29 is 18.6 Å². The van der Waals surface area contributed by atoms with E-state index in [-0.39, 0.29) is 22.4 Å². The predicted molar refractivity (Wildman–Crippen MR) is 86.2 cm³/mol. The molecule has 2 aliphatic heterocycles. The highest BCUT2D eigenvalue weighted by Crippen LogP contribution is 2.73. The minimum absolute atomic E-state index is 0.0562. The zero-order chi connectivity index (χ0) is 16.2. The van der Waals surface area contributed by atoms with Crippen LogP contribution in [0.2, 0.25) is 0 Å². The Hall–Kier alpha value is -0.450. The van der Waals surface area contributed by atoms with Gasteiger partial charge in [0.1, 0.15) is 17.4 Å². The molecule has 6 atom stereocenters. The van der Waals surface area contributed by atoms with Crippen LogP contribution in [-0.4, -0.2) is 36.4 Å². The molecule has 4 aliphatic carbocycles. The molecular weight excluding hydrogens is 307 g/mol. The highest BCUT2D eigenvalue weighted by atomic mass is 19.1. The van der Waals surface area contributed by atoms with Crippen LogP contribution in [0.4, 0.5) is 4.39 Å². The predicted octanol–water partition coefficient (Wildman–Crippen LogP) is 3.92. The smallest absolute Gasteiger partial charge is 0.171 e. The Balaban J connectivity index is 1.36. The molecule has 0 N–H and O–H groups in total. The van der Waals surface area contributed by atoms with Gasteiger partial charge in [-0.15, -0.1) is 0 Å². The first-order valence-electron chi connectivity index (χ1n) is 9.85. The molecule has 6 aliphatic rings. The van der Waals surface area contributed by atoms with E-state index >= 15 is 0 Å². The number of fused-ring (bicyclic) bond motifs is 3. The summed E-state index contributed by atoms with van der Waals surface area (Å²) in [7, 11) is 0. The van der Waals surface area contributed by atoms with Crippen molar-refractivity contribution in [2.45, 2.75) is 81.5 Å². The van der Waals surface area contributed by atoms with Crippen LogP contribution in [0.3, 0.4) is 0 Å². The lowest BCUT2D eigenvalue weighted by Crippen LogP contribution is -2.51. The Labute approximate surface area is 142 Å². The topological polar surface area (TPSA) is 31.0 Å². The lowest BCUT2D eigenvalue weighted by molar-refractivity contribution is -0.185. The Kier molecular flexibility index (Phi) is 2.61. The SMILES string of the molecule is CC12CC=C3C(CCC45CC6(CCC34O5)OCCO6)C1CC[C@H]2F. The molecule has 24 heavy (non-hydrogen) atoms. The lowest BCUT2D eigenvalue weighted by atomic mass is 9.54. The molecule has 6 rings (SSSR count). The average molecular weight is 334 g/mol. The van der Waals surface area contributed by atoms with Crippen LogP contribution in [0.15, 0.2) is 11.6 Å². The van der Waals surface area contributed by atoms with Gasteiger partial charge in [0.2, 0.25) is 0 Å². The molecule has 5 fully saturated rings. The second-order valence-electron chi connectivity index (χ2n) is 9.37. The van der Waals surface area contributed by atoms with Crippen LogP contribution >= 0.6 is 0 Å². The first kappa shape index (κ1) is 14.7. The van der Waals surface area contributed by atoms with Crippen LogP contribution < -0.4 is 0 Å². The Bertz CT molecular complexity index is 626. The van der Waals surface area contributed by atoms with Crippen molar-refractivity contribution >= 4 is 0 Å². The van der Waals surface area contributed by atoms with Gasteiger partial charge >= 0.3 is 0 Å². The molecule has 4 heteroatoms. The van der Waals surface area contributed by atoms with E-state index in [1.54, 1.807) is 0 Å². The van der Waals surface area contributed by atoms with E-state index in [2.05, 4.69) is 13.0 Å². The highest BCUT2D eigenvalue weighted by Gasteiger charge is 2.79. The largest absolute Gasteiger partial charge is 0.358 e. The Morgan fingerprint density at radius 2 is 1.92 bits per heavy atom. The fourth-order valence-corrected chi connectivity index (χ4v) is 7.27. The van der Waals surface area contributed by atoms with Gasteiger partial charge in [0.05, 0.1) is 13.2 Å². The second-order valence-corrected chi connectivity index (χ2v) is 9.37. The van der Waals surface area contributed by atoms with Gasteiger partial charge in [-0.25, -0.2) is 4.39 Å². The highest BCUT2D eigenvalue weighted by molar-refractivity contribution is 5.43. The average Bonchev–Trinajstić information content (AvgIpc) is 2.88. The van der Waals surface area contributed by atoms with Crippen LogP contribution in [0.1, 0.15) is 58.3 Å². The van der Waals surface area contributed by atoms with Crippen LogP contribution in [0, 0.1) is 17.3 Å². The molecule has 3 nitrogen and oxygen atoms in total. The number of alkyl halides is 1. The van der Waals surface area contributed by atoms with E-state index in [1.165, 1.54) is 5.57 Å². The summed E-state index contributed by atoms with van der Waals surface area (Å²) in [5.74, 6) is 0.673. The fraction of sp³-hybridized carbons (Fsp3) is 0.900. The molecule has 2 heterocycles. The number of hydrogen-bond acceptors (Lipinski definition) is 3. The number of hydrogen-bond donors (Lipinski definition) is 0. The van der Waals surface area contributed by atoms with Gasteiger partial charge in [-0.2, -0.15) is 0 Å². The van der Waals surface area contributed by atoms with E-state index in [9.17, 15) is 4.39 Å². The fourth-order valence-electron chi connectivity index (χ4n) is 7.27. The number of halogens is 1. The van der Waals surface area contributed by atoms with Crippen LogP contribution in [-0.2, 0) is 14.2 Å². The second kappa shape index (κ2) is 4.27. The van der Waals surface area contributed by atoms with Gasteiger partial charge < -0.3 is 14.2 Å². The molecule has 2 saturated heterocycles. The van der Waals surface area contributed by atoms with Crippen molar-refractivity contribution in [3.05, 3.63) is 11.6 Å². The minimum Gasteiger partial charge on any atom is -0.358 e. The first-order chi connectivity index (χ1) is 11.5. The first-order valence-corrected chi connectivity index (χ1v) is 9.85. The molecule has 3 saturated carbocycles. The molecule has 0 aromatic heterocycles. The summed E-state index contributed by atoms with van der Waals surface area (Å²) < 4.78 is 33.1. The quantitative estimate of drug-likeness (QED) is 0.497. The summed E-state index contributed by atoms with van der Waals surface area (Å²) in [6.07, 6.45) is 9.53. The number of epoxide rings is 1. The van der Waals surface area contributed by atoms with Gasteiger partial charge in [0.25, 0.3) is 0 Å². The Morgan fingerprint density at radius 1 is 1.08 bits per heavy atom. The van der Waals surface area contributed by atoms with Crippen molar-refractivity contribution in [3.63, 3.8) is 0 Å². The molecule has 132 valence electrons. The summed E-state index contributed by atoms with van der Waals surface area (Å²) in [5.41, 5.74) is 1.27. The standard InChI is InChI=1S/C20H27FO3/c1-17-6-5-15-13(14(17)2-3-16(17)21)4-7-18-12-19(22-10-11-23-19)8-9-20(15,18)24-18/h5,13-14,16H,2-4,6-12H2,1H3/t13?,14?,16-,17?,18?,20?/m1/s1. The van der Waals surface area contributed by atoms with Gasteiger partial charge in [-0.3, -0.25) is 0 Å². The number of allylic oxidation sites excluding steroid dienone is 1. The van der Waals surface area contributed by atoms with Gasteiger partial charge in [0, 0.05) is 18.3 Å². The maximum atomic E-state index is 14.5. The summed E-state index contributed by atoms with van der Waals surface area (Å²) in [5, 5.41) is 0. The third-order valence-electron chi connectivity index (χ3n) is 8.56. The normalized spacial score (nSPS) is 56.9. The van der Waals surface area contributed by atoms with E-state index in [4.69, 9.17) is 14.2 Å². The molecule has 1 spiro atoms. The number of ether oxygens (including phenoxy) is 3. The van der Waals surface area contributed by atoms with Crippen molar-refractivity contribution in [1.29, 1.82) is 0 Å². The van der Waals surface area contributed by atoms with Crippen LogP contribution in [0.25, 0.3) is 0 Å². The lowest BCUT2D eigenvalue weighted by Gasteiger charge is -2.49. The Morgan fingerprint density at radius 3 is 2.75 bits per heavy atom. The summed E-state index contributed by atoms with van der Waals surface area (Å²) in [4.78, 5) is 0. The maximum absolute atomic E-state index is 14.5. The van der Waals surface area contributed by atoms with E-state index in [0.717, 1.165) is 51.4 Å². The summed E-state index contributed by atoms with van der Waals surface area (Å²) in [6.45, 7) is 3.62. The summed E-state index contributed by atoms with van der Waals surface area (Å²) >= 11 is 0. The van der Waals surface area contributed by atoms with Gasteiger partial charge in [-0.05, 0) is 55.9 Å². The number of rotatable bonds is 0. The third-order valence-corrected chi connectivity index (χ3v) is 8.56. The zero-order valence-electron chi connectivity index (χ0n) is 14.5. The van der Waals surface area contributed by atoms with Gasteiger partial charge in [0.15, 0.2) is 5.79 Å². The van der Waals surface area contributed by atoms with Crippen molar-refractivity contribution in [2.75, 3.05) is 13.2 Å². The molecule has 5 unspecified atom stereocenters. The molecule has 0 bridgehead atoms. The summed E-state index contributed by atoms with van der Waals surface area (Å²) in [6, 6.07) is 0. The monoisotopic (exact) mass is 334 g/mol. The van der Waals surface area contributed by atoms with Crippen molar-refractivity contribution in [1.82, 2.24) is 0 Å². The minimum atomic E-state index is -0.625. The maximum Gasteiger partial charge on any atom is 0.171 e. The third kappa shape index (κ3) is 1.51. The van der Waals surface area contributed by atoms with Crippen molar-refractivity contribution in [3.8, 4) is 0 Å². The molecule has 0 aromatic rings. The van der Waals surface area contributed by atoms with Crippen molar-refractivity contribution in [2.24, 2.45) is 17.3 Å². The van der Waals surface area contributed by atoms with E-state index in [1.807, 2.05) is 0 Å². The molecule has 0 amide bonds. The molecule has 0 aromatic carbocycles. The van der Waals surface area contributed by atoms with E-state index in [0.29, 0.717) is 25.0 Å².